The number of hydrogen-bond donors (Lipinski definition) is 2. The van der Waals surface area contributed by atoms with Crippen molar-refractivity contribution < 1.29 is 14.6 Å². The van der Waals surface area contributed by atoms with E-state index >= 15 is 0 Å². The van der Waals surface area contributed by atoms with Crippen LogP contribution in [0.15, 0.2) is 29.6 Å². The first-order valence-electron chi connectivity index (χ1n) is 7.26. The molecule has 0 fully saturated rings. The van der Waals surface area contributed by atoms with Crippen molar-refractivity contribution in [3.63, 3.8) is 0 Å². The minimum atomic E-state index is -0.468. The Morgan fingerprint density at radius 3 is 2.70 bits per heavy atom. The zero-order valence-electron chi connectivity index (χ0n) is 13.4. The summed E-state index contributed by atoms with van der Waals surface area (Å²) in [5.74, 6) is -0.226. The summed E-state index contributed by atoms with van der Waals surface area (Å²) in [6, 6.07) is 7.13. The molecule has 0 radical (unpaired) electrons. The van der Waals surface area contributed by atoms with E-state index in [4.69, 9.17) is 0 Å². The van der Waals surface area contributed by atoms with Gasteiger partial charge < -0.3 is 10.2 Å². The van der Waals surface area contributed by atoms with Crippen LogP contribution in [0.5, 0.6) is 0 Å². The average Bonchev–Trinajstić information content (AvgIpc) is 2.96. The van der Waals surface area contributed by atoms with E-state index in [9.17, 15) is 14.9 Å². The van der Waals surface area contributed by atoms with Gasteiger partial charge in [0.05, 0.1) is 16.8 Å². The minimum absolute atomic E-state index is 0.0719. The maximum absolute atomic E-state index is 12.2. The van der Waals surface area contributed by atoms with Gasteiger partial charge in [-0.2, -0.15) is 0 Å². The number of quaternary nitrogens is 1. The largest absolute Gasteiger partial charge is 0.325 e. The molecule has 0 aliphatic carbocycles. The summed E-state index contributed by atoms with van der Waals surface area (Å²) in [7, 11) is 1.93. The first-order chi connectivity index (χ1) is 10.9. The lowest BCUT2D eigenvalue weighted by Crippen LogP contribution is -3.08. The third-order valence-corrected chi connectivity index (χ3v) is 4.57. The van der Waals surface area contributed by atoms with E-state index in [0.717, 1.165) is 22.6 Å². The molecule has 2 rings (SSSR count). The van der Waals surface area contributed by atoms with Crippen molar-refractivity contribution >= 4 is 28.6 Å². The summed E-state index contributed by atoms with van der Waals surface area (Å²) in [6.45, 7) is 4.64. The molecule has 0 saturated carbocycles. The van der Waals surface area contributed by atoms with Gasteiger partial charge in [-0.3, -0.25) is 14.9 Å². The van der Waals surface area contributed by atoms with E-state index < -0.39 is 4.92 Å². The SMILES string of the molecule is Cc1ccc([N+](=O)[O-])c(NC(=O)C[NH+](C)Cc2cccs2)c1C. The van der Waals surface area contributed by atoms with Crippen LogP contribution in [0.2, 0.25) is 0 Å². The minimum Gasteiger partial charge on any atom is -0.325 e. The number of nitrogens with zero attached hydrogens (tertiary/aromatic N) is 1. The van der Waals surface area contributed by atoms with E-state index in [1.54, 1.807) is 24.3 Å². The highest BCUT2D eigenvalue weighted by Crippen LogP contribution is 2.29. The van der Waals surface area contributed by atoms with Gasteiger partial charge in [-0.1, -0.05) is 12.1 Å². The molecule has 0 aliphatic heterocycles. The van der Waals surface area contributed by atoms with Gasteiger partial charge in [0, 0.05) is 6.07 Å². The zero-order valence-corrected chi connectivity index (χ0v) is 14.2. The molecule has 1 amide bonds. The number of nitro groups is 1. The van der Waals surface area contributed by atoms with Crippen molar-refractivity contribution in [2.75, 3.05) is 18.9 Å². The van der Waals surface area contributed by atoms with Crippen molar-refractivity contribution in [3.8, 4) is 0 Å². The average molecular weight is 334 g/mol. The van der Waals surface area contributed by atoms with E-state index in [2.05, 4.69) is 5.32 Å². The highest BCUT2D eigenvalue weighted by Gasteiger charge is 2.21. The van der Waals surface area contributed by atoms with Crippen LogP contribution in [-0.2, 0) is 11.3 Å². The van der Waals surface area contributed by atoms with Crippen LogP contribution in [0.3, 0.4) is 0 Å². The van der Waals surface area contributed by atoms with Gasteiger partial charge in [0.2, 0.25) is 0 Å². The number of likely N-dealkylation sites (N-methyl/N-ethyl adjacent to an activating group) is 1. The fourth-order valence-corrected chi connectivity index (χ4v) is 3.16. The summed E-state index contributed by atoms with van der Waals surface area (Å²) >= 11 is 1.65. The number of amides is 1. The molecule has 1 heterocycles. The van der Waals surface area contributed by atoms with E-state index in [-0.39, 0.29) is 18.1 Å². The lowest BCUT2D eigenvalue weighted by molar-refractivity contribution is -0.884. The van der Waals surface area contributed by atoms with Gasteiger partial charge in [-0.25, -0.2) is 0 Å². The molecule has 1 unspecified atom stereocenters. The highest BCUT2D eigenvalue weighted by atomic mass is 32.1. The number of carbonyl (C=O) groups is 1. The standard InChI is InChI=1S/C16H19N3O3S/c1-11-6-7-14(19(21)22)16(12(11)2)17-15(20)10-18(3)9-13-5-4-8-23-13/h4-8H,9-10H2,1-3H3,(H,17,20)/p+1. The molecule has 23 heavy (non-hydrogen) atoms. The predicted octanol–water partition coefficient (Wildman–Crippen LogP) is 1.93. The maximum atomic E-state index is 12.2. The number of carbonyl (C=O) groups excluding carboxylic acids is 1. The number of benzene rings is 1. The number of nitrogens with one attached hydrogen (secondary N) is 2. The molecule has 0 bridgehead atoms. The molecule has 1 atom stereocenters. The number of nitro benzene ring substituents is 1. The number of anilines is 1. The molecule has 0 spiro atoms. The lowest BCUT2D eigenvalue weighted by Gasteiger charge is -2.14. The van der Waals surface area contributed by atoms with Gasteiger partial charge in [-0.05, 0) is 36.4 Å². The molecule has 2 N–H and O–H groups in total. The van der Waals surface area contributed by atoms with E-state index in [1.165, 1.54) is 10.9 Å². The number of hydrogen-bond acceptors (Lipinski definition) is 4. The van der Waals surface area contributed by atoms with Crippen molar-refractivity contribution in [1.82, 2.24) is 0 Å². The van der Waals surface area contributed by atoms with Crippen LogP contribution in [0.1, 0.15) is 16.0 Å². The second-order valence-corrected chi connectivity index (χ2v) is 6.63. The summed E-state index contributed by atoms with van der Waals surface area (Å²) in [5, 5.41) is 15.9. The predicted molar refractivity (Wildman–Crippen MR) is 91.0 cm³/mol. The van der Waals surface area contributed by atoms with Crippen LogP contribution in [-0.4, -0.2) is 24.4 Å². The molecule has 0 saturated heterocycles. The highest BCUT2D eigenvalue weighted by molar-refractivity contribution is 7.09. The summed E-state index contributed by atoms with van der Waals surface area (Å²) < 4.78 is 0. The summed E-state index contributed by atoms with van der Waals surface area (Å²) in [6.07, 6.45) is 0. The quantitative estimate of drug-likeness (QED) is 0.626. The van der Waals surface area contributed by atoms with Crippen LogP contribution in [0, 0.1) is 24.0 Å². The molecule has 2 aromatic rings. The molecule has 1 aromatic carbocycles. The third kappa shape index (κ3) is 4.37. The Labute approximate surface area is 138 Å². The van der Waals surface area contributed by atoms with E-state index in [1.807, 2.05) is 31.5 Å². The zero-order chi connectivity index (χ0) is 17.0. The van der Waals surface area contributed by atoms with Gasteiger partial charge in [0.15, 0.2) is 6.54 Å². The van der Waals surface area contributed by atoms with Gasteiger partial charge in [-0.15, -0.1) is 11.3 Å². The maximum Gasteiger partial charge on any atom is 0.293 e. The Balaban J connectivity index is 2.08. The first-order valence-corrected chi connectivity index (χ1v) is 8.14. The van der Waals surface area contributed by atoms with Crippen molar-refractivity contribution in [2.24, 2.45) is 0 Å². The fourth-order valence-electron chi connectivity index (χ4n) is 2.34. The summed E-state index contributed by atoms with van der Waals surface area (Å²) in [5.41, 5.74) is 1.86. The molecule has 7 heteroatoms. The van der Waals surface area contributed by atoms with E-state index in [0.29, 0.717) is 5.69 Å². The molecule has 0 aliphatic rings. The monoisotopic (exact) mass is 334 g/mol. The Morgan fingerprint density at radius 2 is 2.09 bits per heavy atom. The molecule has 122 valence electrons. The van der Waals surface area contributed by atoms with Crippen molar-refractivity contribution in [1.29, 1.82) is 0 Å². The normalized spacial score (nSPS) is 12.0. The smallest absolute Gasteiger partial charge is 0.293 e. The molecular weight excluding hydrogens is 314 g/mol. The van der Waals surface area contributed by atoms with Gasteiger partial charge in [0.25, 0.3) is 11.6 Å². The Hall–Kier alpha value is -2.25. The molecule has 6 nitrogen and oxygen atoms in total. The first kappa shape index (κ1) is 17.1. The van der Waals surface area contributed by atoms with Crippen molar-refractivity contribution in [3.05, 3.63) is 55.8 Å². The fraction of sp³-hybridized carbons (Fsp3) is 0.312. The Bertz CT molecular complexity index is 714. The molecule has 1 aromatic heterocycles. The molecular formula is C16H20N3O3S+. The second-order valence-electron chi connectivity index (χ2n) is 5.60. The Morgan fingerprint density at radius 1 is 1.35 bits per heavy atom. The Kier molecular flexibility index (Phi) is 5.46. The summed E-state index contributed by atoms with van der Waals surface area (Å²) in [4.78, 5) is 25.1. The third-order valence-electron chi connectivity index (χ3n) is 3.69. The second kappa shape index (κ2) is 7.34. The van der Waals surface area contributed by atoms with Gasteiger partial charge >= 0.3 is 0 Å². The number of rotatable bonds is 6. The number of aryl methyl sites for hydroxylation is 1. The van der Waals surface area contributed by atoms with Crippen LogP contribution in [0.4, 0.5) is 11.4 Å². The van der Waals surface area contributed by atoms with Crippen LogP contribution in [0.25, 0.3) is 0 Å². The van der Waals surface area contributed by atoms with Crippen molar-refractivity contribution in [2.45, 2.75) is 20.4 Å². The topological polar surface area (TPSA) is 76.7 Å². The van der Waals surface area contributed by atoms with Crippen LogP contribution < -0.4 is 10.2 Å². The van der Waals surface area contributed by atoms with Gasteiger partial charge in [0.1, 0.15) is 12.2 Å². The number of thiophene rings is 1. The van der Waals surface area contributed by atoms with Crippen LogP contribution >= 0.6 is 11.3 Å². The lowest BCUT2D eigenvalue weighted by atomic mass is 10.1.